The van der Waals surface area contributed by atoms with Crippen LogP contribution >= 0.6 is 27.3 Å². The fourth-order valence-electron chi connectivity index (χ4n) is 1.82. The minimum absolute atomic E-state index is 0.174. The number of halogens is 1. The molecule has 1 atom stereocenters. The van der Waals surface area contributed by atoms with Crippen LogP contribution in [0.2, 0.25) is 0 Å². The molecule has 0 aromatic carbocycles. The molecule has 0 fully saturated rings. The van der Waals surface area contributed by atoms with Gasteiger partial charge in [0.15, 0.2) is 0 Å². The second kappa shape index (κ2) is 5.85. The summed E-state index contributed by atoms with van der Waals surface area (Å²) >= 11 is 5.15. The highest BCUT2D eigenvalue weighted by Crippen LogP contribution is 2.36. The minimum atomic E-state index is -0.527. The van der Waals surface area contributed by atoms with Crippen molar-refractivity contribution >= 4 is 33.2 Å². The van der Waals surface area contributed by atoms with Crippen LogP contribution in [-0.4, -0.2) is 11.5 Å². The Morgan fingerprint density at radius 2 is 2.32 bits per heavy atom. The Morgan fingerprint density at radius 1 is 1.58 bits per heavy atom. The first-order valence-electron chi connectivity index (χ1n) is 5.76. The Morgan fingerprint density at radius 3 is 2.79 bits per heavy atom. The zero-order valence-corrected chi connectivity index (χ0v) is 12.9. The van der Waals surface area contributed by atoms with E-state index in [4.69, 9.17) is 4.42 Å². The lowest BCUT2D eigenvalue weighted by Gasteiger charge is -2.14. The lowest BCUT2D eigenvalue weighted by Crippen LogP contribution is -2.20. The monoisotopic (exact) mass is 344 g/mol. The summed E-state index contributed by atoms with van der Waals surface area (Å²) in [6, 6.07) is 4.88. The number of thiophene rings is 1. The van der Waals surface area contributed by atoms with Crippen molar-refractivity contribution in [1.82, 2.24) is 5.32 Å². The Hall–Kier alpha value is -1.18. The molecule has 0 saturated heterocycles. The van der Waals surface area contributed by atoms with E-state index in [0.29, 0.717) is 5.76 Å². The molecule has 19 heavy (non-hydrogen) atoms. The van der Waals surface area contributed by atoms with Crippen molar-refractivity contribution in [3.05, 3.63) is 48.3 Å². The van der Waals surface area contributed by atoms with Crippen LogP contribution in [-0.2, 0) is 0 Å². The summed E-state index contributed by atoms with van der Waals surface area (Å²) in [7, 11) is 0. The van der Waals surface area contributed by atoms with Gasteiger partial charge in [0.1, 0.15) is 16.7 Å². The Balaban J connectivity index is 2.39. The molecule has 0 spiro atoms. The third-order valence-corrected chi connectivity index (χ3v) is 4.62. The molecule has 2 aromatic heterocycles. The van der Waals surface area contributed by atoms with E-state index >= 15 is 0 Å². The van der Waals surface area contributed by atoms with Gasteiger partial charge in [0.05, 0.1) is 6.07 Å². The topological polar surface area (TPSA) is 68.3 Å². The van der Waals surface area contributed by atoms with Gasteiger partial charge < -0.3 is 9.73 Å². The van der Waals surface area contributed by atoms with Gasteiger partial charge in [-0.05, 0) is 41.5 Å². The summed E-state index contributed by atoms with van der Waals surface area (Å²) in [5, 5.41) is 14.0. The molecule has 102 valence electrons. The fourth-order valence-corrected chi connectivity index (χ4v) is 3.78. The van der Waals surface area contributed by atoms with Crippen LogP contribution < -0.4 is 5.32 Å². The van der Waals surface area contributed by atoms with E-state index < -0.39 is 4.92 Å². The molecule has 2 heterocycles. The van der Waals surface area contributed by atoms with Crippen LogP contribution in [0.25, 0.3) is 0 Å². The number of hydrogen-bond donors (Lipinski definition) is 1. The maximum Gasteiger partial charge on any atom is 0.433 e. The van der Waals surface area contributed by atoms with Crippen molar-refractivity contribution in [1.29, 1.82) is 0 Å². The van der Waals surface area contributed by atoms with Gasteiger partial charge in [0.2, 0.25) is 0 Å². The summed E-state index contributed by atoms with van der Waals surface area (Å²) in [5.74, 6) is 0.318. The molecule has 1 N–H and O–H groups in total. The molecule has 0 aliphatic rings. The zero-order chi connectivity index (χ0) is 14.0. The molecule has 0 bridgehead atoms. The number of nitrogens with zero attached hydrogens (tertiary/aromatic N) is 1. The average Bonchev–Trinajstić information content (AvgIpc) is 2.93. The number of furan rings is 1. The standard InChI is InChI=1S/C12H13BrN2O3S/c1-3-14-11(12-8(13)6-7(2)19-12)9-4-5-10(18-9)15(16)17/h4-6,11,14H,3H2,1-2H3. The summed E-state index contributed by atoms with van der Waals surface area (Å²) in [6.45, 7) is 4.74. The van der Waals surface area contributed by atoms with Crippen molar-refractivity contribution in [3.63, 3.8) is 0 Å². The molecular formula is C12H13BrN2O3S. The number of nitrogens with one attached hydrogen (secondary N) is 1. The summed E-state index contributed by atoms with van der Waals surface area (Å²) in [5.41, 5.74) is 0. The number of hydrogen-bond acceptors (Lipinski definition) is 5. The smallest absolute Gasteiger partial charge is 0.404 e. The molecule has 0 aliphatic carbocycles. The quantitative estimate of drug-likeness (QED) is 0.656. The van der Waals surface area contributed by atoms with Crippen LogP contribution in [0.5, 0.6) is 0 Å². The van der Waals surface area contributed by atoms with Crippen LogP contribution in [0, 0.1) is 17.0 Å². The number of nitro groups is 1. The molecule has 0 radical (unpaired) electrons. The van der Waals surface area contributed by atoms with Gasteiger partial charge in [-0.3, -0.25) is 10.1 Å². The van der Waals surface area contributed by atoms with Gasteiger partial charge >= 0.3 is 5.88 Å². The van der Waals surface area contributed by atoms with Crippen molar-refractivity contribution in [2.45, 2.75) is 19.9 Å². The van der Waals surface area contributed by atoms with Crippen molar-refractivity contribution < 1.29 is 9.34 Å². The van der Waals surface area contributed by atoms with E-state index in [9.17, 15) is 10.1 Å². The molecule has 7 heteroatoms. The summed E-state index contributed by atoms with van der Waals surface area (Å²) in [4.78, 5) is 12.4. The van der Waals surface area contributed by atoms with E-state index in [2.05, 4.69) is 21.2 Å². The highest BCUT2D eigenvalue weighted by Gasteiger charge is 2.24. The van der Waals surface area contributed by atoms with Gasteiger partial charge in [-0.1, -0.05) is 6.92 Å². The third kappa shape index (κ3) is 3.05. The van der Waals surface area contributed by atoms with E-state index in [1.807, 2.05) is 19.9 Å². The maximum absolute atomic E-state index is 10.7. The second-order valence-electron chi connectivity index (χ2n) is 3.99. The van der Waals surface area contributed by atoms with Crippen LogP contribution in [0.4, 0.5) is 5.88 Å². The lowest BCUT2D eigenvalue weighted by atomic mass is 10.2. The fraction of sp³-hybridized carbons (Fsp3) is 0.333. The normalized spacial score (nSPS) is 12.6. The van der Waals surface area contributed by atoms with Crippen LogP contribution in [0.3, 0.4) is 0 Å². The Labute approximate surface area is 122 Å². The molecule has 0 saturated carbocycles. The largest absolute Gasteiger partial charge is 0.433 e. The average molecular weight is 345 g/mol. The van der Waals surface area contributed by atoms with E-state index in [1.54, 1.807) is 17.4 Å². The van der Waals surface area contributed by atoms with E-state index in [0.717, 1.165) is 15.9 Å². The first-order valence-corrected chi connectivity index (χ1v) is 7.37. The van der Waals surface area contributed by atoms with Gasteiger partial charge in [0, 0.05) is 14.2 Å². The van der Waals surface area contributed by atoms with E-state index in [-0.39, 0.29) is 11.9 Å². The minimum Gasteiger partial charge on any atom is -0.404 e. The van der Waals surface area contributed by atoms with Gasteiger partial charge in [-0.15, -0.1) is 11.3 Å². The molecule has 1 unspecified atom stereocenters. The highest BCUT2D eigenvalue weighted by atomic mass is 79.9. The predicted molar refractivity (Wildman–Crippen MR) is 77.6 cm³/mol. The maximum atomic E-state index is 10.7. The SMILES string of the molecule is CCNC(c1ccc([N+](=O)[O-])o1)c1sc(C)cc1Br. The third-order valence-electron chi connectivity index (χ3n) is 2.58. The molecule has 5 nitrogen and oxygen atoms in total. The molecule has 0 aliphatic heterocycles. The number of rotatable bonds is 5. The number of aryl methyl sites for hydroxylation is 1. The van der Waals surface area contributed by atoms with Gasteiger partial charge in [0.25, 0.3) is 0 Å². The lowest BCUT2D eigenvalue weighted by molar-refractivity contribution is -0.402. The van der Waals surface area contributed by atoms with Crippen molar-refractivity contribution in [2.75, 3.05) is 6.54 Å². The summed E-state index contributed by atoms with van der Waals surface area (Å²) < 4.78 is 6.29. The Kier molecular flexibility index (Phi) is 4.38. The zero-order valence-electron chi connectivity index (χ0n) is 10.5. The molecule has 2 aromatic rings. The first-order chi connectivity index (χ1) is 9.02. The van der Waals surface area contributed by atoms with Crippen molar-refractivity contribution in [2.24, 2.45) is 0 Å². The molecule has 2 rings (SSSR count). The summed E-state index contributed by atoms with van der Waals surface area (Å²) in [6.07, 6.45) is 0. The Bertz CT molecular complexity index is 594. The molecular weight excluding hydrogens is 332 g/mol. The molecule has 0 amide bonds. The van der Waals surface area contributed by atoms with Crippen LogP contribution in [0.1, 0.15) is 28.5 Å². The van der Waals surface area contributed by atoms with Crippen molar-refractivity contribution in [3.8, 4) is 0 Å². The van der Waals surface area contributed by atoms with E-state index in [1.165, 1.54) is 10.9 Å². The van der Waals surface area contributed by atoms with Crippen LogP contribution in [0.15, 0.2) is 27.1 Å². The van der Waals surface area contributed by atoms with Gasteiger partial charge in [-0.25, -0.2) is 0 Å². The first kappa shape index (κ1) is 14.2. The second-order valence-corrected chi connectivity index (χ2v) is 6.14. The highest BCUT2D eigenvalue weighted by molar-refractivity contribution is 9.10. The van der Waals surface area contributed by atoms with Gasteiger partial charge in [-0.2, -0.15) is 0 Å². The predicted octanol–water partition coefficient (Wildman–Crippen LogP) is 4.02.